The monoisotopic (exact) mass is 226 g/mol. The Bertz CT molecular complexity index is 220. The molecule has 0 bridgehead atoms. The summed E-state index contributed by atoms with van der Waals surface area (Å²) in [5, 5.41) is 3.16. The highest BCUT2D eigenvalue weighted by atomic mass is 16.1. The van der Waals surface area contributed by atoms with E-state index in [1.165, 1.54) is 25.9 Å². The van der Waals surface area contributed by atoms with E-state index in [9.17, 15) is 4.79 Å². The number of carbonyl (C=O) groups is 1. The van der Waals surface area contributed by atoms with Gasteiger partial charge in [-0.25, -0.2) is 0 Å². The van der Waals surface area contributed by atoms with Crippen molar-refractivity contribution in [3.05, 3.63) is 0 Å². The Morgan fingerprint density at radius 2 is 1.75 bits per heavy atom. The molecule has 0 aromatic rings. The maximum Gasteiger partial charge on any atom is 0.222 e. The molecule has 1 heterocycles. The van der Waals surface area contributed by atoms with E-state index in [1.807, 2.05) is 13.8 Å². The summed E-state index contributed by atoms with van der Waals surface area (Å²) in [4.78, 5) is 14.2. The summed E-state index contributed by atoms with van der Waals surface area (Å²) in [7, 11) is 0. The lowest BCUT2D eigenvalue weighted by Crippen LogP contribution is -2.47. The Labute approximate surface area is 99.6 Å². The molecule has 3 heteroatoms. The molecule has 1 aliphatic heterocycles. The summed E-state index contributed by atoms with van der Waals surface area (Å²) >= 11 is 0. The van der Waals surface area contributed by atoms with E-state index in [-0.39, 0.29) is 11.8 Å². The highest BCUT2D eigenvalue weighted by Gasteiger charge is 2.22. The molecule has 0 saturated carbocycles. The van der Waals surface area contributed by atoms with Gasteiger partial charge in [-0.2, -0.15) is 0 Å². The van der Waals surface area contributed by atoms with Crippen LogP contribution in [0.3, 0.4) is 0 Å². The van der Waals surface area contributed by atoms with Crippen LogP contribution in [-0.2, 0) is 4.79 Å². The van der Waals surface area contributed by atoms with Gasteiger partial charge in [-0.1, -0.05) is 27.7 Å². The van der Waals surface area contributed by atoms with E-state index in [2.05, 4.69) is 24.1 Å². The summed E-state index contributed by atoms with van der Waals surface area (Å²) in [6, 6.07) is 0.299. The first-order chi connectivity index (χ1) is 7.50. The quantitative estimate of drug-likeness (QED) is 0.776. The van der Waals surface area contributed by atoms with Crippen molar-refractivity contribution in [3.8, 4) is 0 Å². The molecule has 1 aliphatic rings. The molecule has 0 aromatic carbocycles. The second-order valence-corrected chi connectivity index (χ2v) is 5.52. The minimum Gasteiger partial charge on any atom is -0.352 e. The van der Waals surface area contributed by atoms with E-state index >= 15 is 0 Å². The van der Waals surface area contributed by atoms with Crippen molar-refractivity contribution in [3.63, 3.8) is 0 Å². The smallest absolute Gasteiger partial charge is 0.222 e. The molecule has 0 aromatic heterocycles. The van der Waals surface area contributed by atoms with Gasteiger partial charge in [0.15, 0.2) is 0 Å². The molecule has 1 saturated heterocycles. The largest absolute Gasteiger partial charge is 0.352 e. The highest BCUT2D eigenvalue weighted by molar-refractivity contribution is 5.78. The molecule has 0 radical (unpaired) electrons. The van der Waals surface area contributed by atoms with E-state index in [4.69, 9.17) is 0 Å². The van der Waals surface area contributed by atoms with Gasteiger partial charge in [0.05, 0.1) is 0 Å². The Morgan fingerprint density at radius 1 is 1.19 bits per heavy atom. The van der Waals surface area contributed by atoms with Gasteiger partial charge in [-0.3, -0.25) is 4.79 Å². The van der Waals surface area contributed by atoms with Crippen LogP contribution >= 0.6 is 0 Å². The molecule has 0 spiro atoms. The Balaban J connectivity index is 2.43. The van der Waals surface area contributed by atoms with Gasteiger partial charge in [0.2, 0.25) is 5.91 Å². The molecule has 1 atom stereocenters. The minimum absolute atomic E-state index is 0.0832. The van der Waals surface area contributed by atoms with Crippen molar-refractivity contribution < 1.29 is 4.79 Å². The van der Waals surface area contributed by atoms with E-state index in [0.29, 0.717) is 12.0 Å². The average molecular weight is 226 g/mol. The van der Waals surface area contributed by atoms with Crippen LogP contribution in [0.4, 0.5) is 0 Å². The fourth-order valence-corrected chi connectivity index (χ4v) is 2.02. The lowest BCUT2D eigenvalue weighted by atomic mass is 10.0. The molecular weight excluding hydrogens is 200 g/mol. The topological polar surface area (TPSA) is 32.3 Å². The highest BCUT2D eigenvalue weighted by Crippen LogP contribution is 2.11. The van der Waals surface area contributed by atoms with Gasteiger partial charge in [-0.05, 0) is 31.8 Å². The third-order valence-electron chi connectivity index (χ3n) is 3.31. The second kappa shape index (κ2) is 6.24. The zero-order valence-electron chi connectivity index (χ0n) is 11.1. The van der Waals surface area contributed by atoms with Crippen molar-refractivity contribution in [2.24, 2.45) is 11.8 Å². The van der Waals surface area contributed by atoms with Crippen LogP contribution in [-0.4, -0.2) is 36.5 Å². The van der Waals surface area contributed by atoms with Crippen LogP contribution in [0.2, 0.25) is 0 Å². The van der Waals surface area contributed by atoms with Crippen LogP contribution in [0.15, 0.2) is 0 Å². The third kappa shape index (κ3) is 4.12. The predicted octanol–water partition coefficient (Wildman–Crippen LogP) is 1.88. The number of nitrogens with one attached hydrogen (secondary N) is 1. The Morgan fingerprint density at radius 3 is 2.19 bits per heavy atom. The number of nitrogens with zero attached hydrogens (tertiary/aromatic N) is 1. The van der Waals surface area contributed by atoms with Crippen LogP contribution in [0.5, 0.6) is 0 Å². The van der Waals surface area contributed by atoms with Gasteiger partial charge in [0, 0.05) is 18.5 Å². The van der Waals surface area contributed by atoms with Gasteiger partial charge in [0.25, 0.3) is 0 Å². The molecule has 1 amide bonds. The van der Waals surface area contributed by atoms with E-state index in [1.54, 1.807) is 0 Å². The number of rotatable bonds is 5. The lowest BCUT2D eigenvalue weighted by molar-refractivity contribution is -0.125. The van der Waals surface area contributed by atoms with Crippen LogP contribution in [0.1, 0.15) is 40.5 Å². The van der Waals surface area contributed by atoms with Crippen LogP contribution < -0.4 is 5.32 Å². The van der Waals surface area contributed by atoms with Crippen molar-refractivity contribution in [1.82, 2.24) is 10.2 Å². The van der Waals surface area contributed by atoms with Gasteiger partial charge in [-0.15, -0.1) is 0 Å². The molecule has 0 unspecified atom stereocenters. The van der Waals surface area contributed by atoms with Gasteiger partial charge >= 0.3 is 0 Å². The third-order valence-corrected chi connectivity index (χ3v) is 3.31. The average Bonchev–Trinajstić information content (AvgIpc) is 2.68. The SMILES string of the molecule is CC(C)C(=O)N[C@@H](CN1CCCC1)C(C)C. The summed E-state index contributed by atoms with van der Waals surface area (Å²) < 4.78 is 0. The zero-order chi connectivity index (χ0) is 12.1. The first-order valence-corrected chi connectivity index (χ1v) is 6.53. The molecule has 94 valence electrons. The van der Waals surface area contributed by atoms with E-state index in [0.717, 1.165) is 6.54 Å². The second-order valence-electron chi connectivity index (χ2n) is 5.52. The Hall–Kier alpha value is -0.570. The van der Waals surface area contributed by atoms with E-state index < -0.39 is 0 Å². The fraction of sp³-hybridized carbons (Fsp3) is 0.923. The van der Waals surface area contributed by atoms with Crippen LogP contribution in [0, 0.1) is 11.8 Å². The van der Waals surface area contributed by atoms with Crippen molar-refractivity contribution in [2.75, 3.05) is 19.6 Å². The van der Waals surface area contributed by atoms with Crippen molar-refractivity contribution in [2.45, 2.75) is 46.6 Å². The van der Waals surface area contributed by atoms with Gasteiger partial charge < -0.3 is 10.2 Å². The zero-order valence-corrected chi connectivity index (χ0v) is 11.1. The van der Waals surface area contributed by atoms with Crippen molar-refractivity contribution >= 4 is 5.91 Å². The lowest BCUT2D eigenvalue weighted by Gasteiger charge is -2.28. The first kappa shape index (κ1) is 13.5. The standard InChI is InChI=1S/C13H26N2O/c1-10(2)12(14-13(16)11(3)4)9-15-7-5-6-8-15/h10-12H,5-9H2,1-4H3,(H,14,16)/t12-/m0/s1. The minimum atomic E-state index is 0.0832. The fourth-order valence-electron chi connectivity index (χ4n) is 2.02. The number of likely N-dealkylation sites (tertiary alicyclic amines) is 1. The molecule has 16 heavy (non-hydrogen) atoms. The summed E-state index contributed by atoms with van der Waals surface area (Å²) in [5.74, 6) is 0.765. The van der Waals surface area contributed by atoms with Gasteiger partial charge in [0.1, 0.15) is 0 Å². The predicted molar refractivity (Wildman–Crippen MR) is 67.3 cm³/mol. The maximum atomic E-state index is 11.7. The van der Waals surface area contributed by atoms with Crippen molar-refractivity contribution in [1.29, 1.82) is 0 Å². The molecule has 0 aliphatic carbocycles. The summed E-state index contributed by atoms with van der Waals surface area (Å²) in [5.41, 5.74) is 0. The molecule has 3 nitrogen and oxygen atoms in total. The molecule has 1 rings (SSSR count). The number of amides is 1. The first-order valence-electron chi connectivity index (χ1n) is 6.53. The summed E-state index contributed by atoms with van der Waals surface area (Å²) in [6.07, 6.45) is 2.62. The molecule has 1 N–H and O–H groups in total. The number of carbonyl (C=O) groups excluding carboxylic acids is 1. The van der Waals surface area contributed by atoms with Crippen LogP contribution in [0.25, 0.3) is 0 Å². The summed E-state index contributed by atoms with van der Waals surface area (Å²) in [6.45, 7) is 11.7. The molecular formula is C13H26N2O. The maximum absolute atomic E-state index is 11.7. The number of hydrogen-bond donors (Lipinski definition) is 1. The normalized spacial score (nSPS) is 19.4. The molecule has 1 fully saturated rings. The number of hydrogen-bond acceptors (Lipinski definition) is 2. The Kier molecular flexibility index (Phi) is 5.26.